The first kappa shape index (κ1) is 11.4. The zero-order chi connectivity index (χ0) is 11.3. The predicted molar refractivity (Wildman–Crippen MR) is 53.4 cm³/mol. The summed E-state index contributed by atoms with van der Waals surface area (Å²) in [5.74, 6) is -0.947. The van der Waals surface area contributed by atoms with Crippen molar-refractivity contribution >= 4 is 12.0 Å². The predicted octanol–water partition coefficient (Wildman–Crippen LogP) is 1.50. The Kier molecular flexibility index (Phi) is 4.00. The maximum Gasteiger partial charge on any atom is 0.330 e. The van der Waals surface area contributed by atoms with Gasteiger partial charge in [-0.15, -0.1) is 0 Å². The van der Waals surface area contributed by atoms with Gasteiger partial charge in [0, 0.05) is 11.6 Å². The van der Waals surface area contributed by atoms with Crippen LogP contribution in [0, 0.1) is 5.82 Å². The minimum absolute atomic E-state index is 0.196. The molecule has 0 aliphatic heterocycles. The van der Waals surface area contributed by atoms with Crippen molar-refractivity contribution in [3.63, 3.8) is 0 Å². The van der Waals surface area contributed by atoms with Crippen LogP contribution in [0.5, 0.6) is 0 Å². The van der Waals surface area contributed by atoms with E-state index in [1.165, 1.54) is 37.5 Å². The van der Waals surface area contributed by atoms with E-state index in [-0.39, 0.29) is 12.2 Å². The van der Waals surface area contributed by atoms with Crippen molar-refractivity contribution < 1.29 is 19.0 Å². The summed E-state index contributed by atoms with van der Waals surface area (Å²) in [6, 6.07) is 4.21. The van der Waals surface area contributed by atoms with Crippen molar-refractivity contribution in [1.82, 2.24) is 0 Å². The second kappa shape index (κ2) is 5.26. The maximum atomic E-state index is 13.0. The maximum absolute atomic E-state index is 13.0. The van der Waals surface area contributed by atoms with Crippen molar-refractivity contribution in [3.05, 3.63) is 41.2 Å². The number of halogens is 1. The van der Waals surface area contributed by atoms with Crippen LogP contribution in [0.3, 0.4) is 0 Å². The van der Waals surface area contributed by atoms with E-state index in [0.29, 0.717) is 5.56 Å². The summed E-state index contributed by atoms with van der Waals surface area (Å²) < 4.78 is 17.4. The lowest BCUT2D eigenvalue weighted by Crippen LogP contribution is -1.94. The quantitative estimate of drug-likeness (QED) is 0.607. The van der Waals surface area contributed by atoms with Gasteiger partial charge < -0.3 is 9.84 Å². The molecule has 0 saturated carbocycles. The number of ether oxygens (including phenoxy) is 1. The molecule has 80 valence electrons. The number of esters is 1. The van der Waals surface area contributed by atoms with Crippen LogP contribution in [0.25, 0.3) is 6.08 Å². The number of carbonyl (C=O) groups excluding carboxylic acids is 1. The molecular weight excluding hydrogens is 199 g/mol. The van der Waals surface area contributed by atoms with Gasteiger partial charge in [-0.1, -0.05) is 6.07 Å². The lowest BCUT2D eigenvalue weighted by Gasteiger charge is -2.00. The lowest BCUT2D eigenvalue weighted by atomic mass is 10.1. The molecule has 0 spiro atoms. The Labute approximate surface area is 86.8 Å². The number of hydrogen-bond acceptors (Lipinski definition) is 3. The number of benzene rings is 1. The largest absolute Gasteiger partial charge is 0.466 e. The van der Waals surface area contributed by atoms with Gasteiger partial charge in [0.05, 0.1) is 13.7 Å². The molecule has 1 aromatic rings. The van der Waals surface area contributed by atoms with Crippen molar-refractivity contribution in [3.8, 4) is 0 Å². The second-order valence-corrected chi connectivity index (χ2v) is 2.87. The van der Waals surface area contributed by atoms with Crippen LogP contribution in [-0.2, 0) is 16.1 Å². The molecule has 4 heteroatoms. The smallest absolute Gasteiger partial charge is 0.330 e. The molecule has 0 aliphatic rings. The van der Waals surface area contributed by atoms with Gasteiger partial charge in [-0.25, -0.2) is 9.18 Å². The van der Waals surface area contributed by atoms with Gasteiger partial charge in [-0.3, -0.25) is 0 Å². The molecule has 0 atom stereocenters. The van der Waals surface area contributed by atoms with E-state index in [4.69, 9.17) is 5.11 Å². The Morgan fingerprint density at radius 1 is 1.60 bits per heavy atom. The van der Waals surface area contributed by atoms with E-state index in [1.54, 1.807) is 0 Å². The van der Waals surface area contributed by atoms with Crippen LogP contribution < -0.4 is 0 Å². The van der Waals surface area contributed by atoms with E-state index >= 15 is 0 Å². The Bertz CT molecular complexity index is 385. The summed E-state index contributed by atoms with van der Waals surface area (Å²) in [6.07, 6.45) is 2.72. The van der Waals surface area contributed by atoms with Crippen molar-refractivity contribution in [1.29, 1.82) is 0 Å². The lowest BCUT2D eigenvalue weighted by molar-refractivity contribution is -0.134. The average Bonchev–Trinajstić information content (AvgIpc) is 2.27. The number of aliphatic hydroxyl groups excluding tert-OH is 1. The second-order valence-electron chi connectivity index (χ2n) is 2.87. The molecule has 0 unspecified atom stereocenters. The summed E-state index contributed by atoms with van der Waals surface area (Å²) in [5, 5.41) is 8.81. The first-order chi connectivity index (χ1) is 7.17. The highest BCUT2D eigenvalue weighted by atomic mass is 19.1. The molecule has 0 heterocycles. The summed E-state index contributed by atoms with van der Waals surface area (Å²) in [6.45, 7) is -0.369. The Morgan fingerprint density at radius 2 is 2.33 bits per heavy atom. The summed E-state index contributed by atoms with van der Waals surface area (Å²) in [5.41, 5.74) is 0.827. The fraction of sp³-hybridized carbons (Fsp3) is 0.182. The fourth-order valence-corrected chi connectivity index (χ4v) is 1.05. The minimum Gasteiger partial charge on any atom is -0.466 e. The van der Waals surface area contributed by atoms with E-state index in [1.807, 2.05) is 0 Å². The molecule has 1 aromatic carbocycles. The molecule has 0 saturated heterocycles. The van der Waals surface area contributed by atoms with Gasteiger partial charge in [0.25, 0.3) is 0 Å². The van der Waals surface area contributed by atoms with Crippen LogP contribution in [-0.4, -0.2) is 18.2 Å². The molecule has 0 aromatic heterocycles. The highest BCUT2D eigenvalue weighted by molar-refractivity contribution is 5.86. The first-order valence-electron chi connectivity index (χ1n) is 4.32. The Hall–Kier alpha value is -1.68. The van der Waals surface area contributed by atoms with E-state index in [9.17, 15) is 9.18 Å². The highest BCUT2D eigenvalue weighted by Crippen LogP contribution is 2.11. The van der Waals surface area contributed by atoms with Crippen molar-refractivity contribution in [2.45, 2.75) is 6.61 Å². The first-order valence-corrected chi connectivity index (χ1v) is 4.32. The Balaban J connectivity index is 2.87. The molecule has 0 aliphatic carbocycles. The molecule has 15 heavy (non-hydrogen) atoms. The van der Waals surface area contributed by atoms with E-state index in [0.717, 1.165) is 0 Å². The number of carbonyl (C=O) groups is 1. The van der Waals surface area contributed by atoms with Gasteiger partial charge in [-0.05, 0) is 23.8 Å². The molecule has 0 radical (unpaired) electrons. The van der Waals surface area contributed by atoms with Crippen LogP contribution in [0.15, 0.2) is 24.3 Å². The van der Waals surface area contributed by atoms with Gasteiger partial charge >= 0.3 is 5.97 Å². The van der Waals surface area contributed by atoms with Crippen molar-refractivity contribution in [2.75, 3.05) is 7.11 Å². The average molecular weight is 210 g/mol. The summed E-state index contributed by atoms with van der Waals surface area (Å²) in [7, 11) is 1.27. The molecule has 0 amide bonds. The van der Waals surface area contributed by atoms with Gasteiger partial charge in [0.2, 0.25) is 0 Å². The highest BCUT2D eigenvalue weighted by Gasteiger charge is 2.00. The minimum atomic E-state index is -0.482. The number of aliphatic hydroxyl groups is 1. The van der Waals surface area contributed by atoms with Crippen molar-refractivity contribution in [2.24, 2.45) is 0 Å². The van der Waals surface area contributed by atoms with E-state index in [2.05, 4.69) is 4.74 Å². The normalized spacial score (nSPS) is 10.6. The zero-order valence-corrected chi connectivity index (χ0v) is 8.24. The number of rotatable bonds is 3. The van der Waals surface area contributed by atoms with Gasteiger partial charge in [0.1, 0.15) is 5.82 Å². The topological polar surface area (TPSA) is 46.5 Å². The third-order valence-corrected chi connectivity index (χ3v) is 1.85. The molecule has 1 N–H and O–H groups in total. The SMILES string of the molecule is COC(=O)C=Cc1ccc(F)c(CO)c1. The molecule has 3 nitrogen and oxygen atoms in total. The van der Waals surface area contributed by atoms with Crippen LogP contribution in [0.1, 0.15) is 11.1 Å². The molecule has 0 bridgehead atoms. The fourth-order valence-electron chi connectivity index (χ4n) is 1.05. The third-order valence-electron chi connectivity index (χ3n) is 1.85. The van der Waals surface area contributed by atoms with Gasteiger partial charge in [-0.2, -0.15) is 0 Å². The summed E-state index contributed by atoms with van der Waals surface area (Å²) >= 11 is 0. The number of hydrogen-bond donors (Lipinski definition) is 1. The Morgan fingerprint density at radius 3 is 2.93 bits per heavy atom. The molecular formula is C11H11FO3. The molecule has 1 rings (SSSR count). The summed E-state index contributed by atoms with van der Waals surface area (Å²) in [4.78, 5) is 10.8. The zero-order valence-electron chi connectivity index (χ0n) is 8.24. The van der Waals surface area contributed by atoms with Gasteiger partial charge in [0.15, 0.2) is 0 Å². The molecule has 0 fully saturated rings. The standard InChI is InChI=1S/C11H11FO3/c1-15-11(14)5-3-8-2-4-10(12)9(6-8)7-13/h2-6,13H,7H2,1H3. The van der Waals surface area contributed by atoms with Crippen LogP contribution in [0.2, 0.25) is 0 Å². The van der Waals surface area contributed by atoms with E-state index < -0.39 is 11.8 Å². The van der Waals surface area contributed by atoms with Crippen LogP contribution in [0.4, 0.5) is 4.39 Å². The monoisotopic (exact) mass is 210 g/mol. The number of methoxy groups -OCH3 is 1. The third kappa shape index (κ3) is 3.18. The van der Waals surface area contributed by atoms with Crippen LogP contribution >= 0.6 is 0 Å².